The Balaban J connectivity index is 1.70. The Morgan fingerprint density at radius 1 is 1.45 bits per heavy atom. The SMILES string of the molecule is C[C@H]1[C@H](C)CCC[C@H]1NC(=O)Cn1cnc2sccc2c1=O. The Hall–Kier alpha value is -1.69. The van der Waals surface area contributed by atoms with Gasteiger partial charge in [-0.25, -0.2) is 4.98 Å². The summed E-state index contributed by atoms with van der Waals surface area (Å²) in [6, 6.07) is 1.97. The highest BCUT2D eigenvalue weighted by atomic mass is 32.1. The van der Waals surface area contributed by atoms with Crippen molar-refractivity contribution in [2.24, 2.45) is 11.8 Å². The van der Waals surface area contributed by atoms with E-state index in [1.54, 1.807) is 6.07 Å². The normalized spacial score (nSPS) is 25.3. The van der Waals surface area contributed by atoms with E-state index < -0.39 is 0 Å². The first kappa shape index (κ1) is 15.2. The summed E-state index contributed by atoms with van der Waals surface area (Å²) in [7, 11) is 0. The quantitative estimate of drug-likeness (QED) is 0.945. The molecule has 6 heteroatoms. The lowest BCUT2D eigenvalue weighted by molar-refractivity contribution is -0.123. The second-order valence-corrected chi connectivity index (χ2v) is 7.15. The number of nitrogens with zero attached hydrogens (tertiary/aromatic N) is 2. The van der Waals surface area contributed by atoms with Crippen LogP contribution in [-0.4, -0.2) is 21.5 Å². The van der Waals surface area contributed by atoms with Crippen LogP contribution >= 0.6 is 11.3 Å². The lowest BCUT2D eigenvalue weighted by Gasteiger charge is -2.34. The molecule has 1 aliphatic rings. The lowest BCUT2D eigenvalue weighted by Crippen LogP contribution is -2.45. The number of fused-ring (bicyclic) bond motifs is 1. The fourth-order valence-corrected chi connectivity index (χ4v) is 3.92. The van der Waals surface area contributed by atoms with Crippen molar-refractivity contribution in [3.05, 3.63) is 28.1 Å². The molecule has 0 aliphatic heterocycles. The van der Waals surface area contributed by atoms with Crippen LogP contribution in [-0.2, 0) is 11.3 Å². The number of aromatic nitrogens is 2. The predicted octanol–water partition coefficient (Wildman–Crippen LogP) is 2.40. The molecule has 0 bridgehead atoms. The van der Waals surface area contributed by atoms with Gasteiger partial charge >= 0.3 is 0 Å². The molecule has 3 rings (SSSR count). The largest absolute Gasteiger partial charge is 0.352 e. The summed E-state index contributed by atoms with van der Waals surface area (Å²) in [5, 5.41) is 5.52. The number of amides is 1. The summed E-state index contributed by atoms with van der Waals surface area (Å²) in [5.74, 6) is 1.00. The van der Waals surface area contributed by atoms with E-state index in [4.69, 9.17) is 0 Å². The van der Waals surface area contributed by atoms with Crippen molar-refractivity contribution in [1.82, 2.24) is 14.9 Å². The van der Waals surface area contributed by atoms with E-state index in [9.17, 15) is 9.59 Å². The number of carbonyl (C=O) groups excluding carboxylic acids is 1. The second kappa shape index (κ2) is 6.20. The third-order valence-electron chi connectivity index (χ3n) is 4.82. The molecule has 2 heterocycles. The van der Waals surface area contributed by atoms with Gasteiger partial charge in [-0.15, -0.1) is 11.3 Å². The van der Waals surface area contributed by atoms with Crippen LogP contribution in [0.15, 0.2) is 22.6 Å². The first-order valence-corrected chi connectivity index (χ1v) is 8.66. The van der Waals surface area contributed by atoms with Gasteiger partial charge in [-0.2, -0.15) is 0 Å². The van der Waals surface area contributed by atoms with Gasteiger partial charge in [-0.05, 0) is 29.7 Å². The Morgan fingerprint density at radius 3 is 3.09 bits per heavy atom. The van der Waals surface area contributed by atoms with Crippen molar-refractivity contribution >= 4 is 27.5 Å². The molecule has 0 unspecified atom stereocenters. The zero-order valence-corrected chi connectivity index (χ0v) is 13.7. The average molecular weight is 319 g/mol. The van der Waals surface area contributed by atoms with Gasteiger partial charge in [-0.3, -0.25) is 14.2 Å². The van der Waals surface area contributed by atoms with Crippen molar-refractivity contribution in [3.8, 4) is 0 Å². The molecule has 1 aliphatic carbocycles. The van der Waals surface area contributed by atoms with E-state index in [1.807, 2.05) is 5.38 Å². The minimum absolute atomic E-state index is 0.0369. The summed E-state index contributed by atoms with van der Waals surface area (Å²) in [5.41, 5.74) is -0.147. The summed E-state index contributed by atoms with van der Waals surface area (Å²) >= 11 is 1.43. The zero-order valence-electron chi connectivity index (χ0n) is 12.9. The molecule has 5 nitrogen and oxygen atoms in total. The van der Waals surface area contributed by atoms with Crippen molar-refractivity contribution in [3.63, 3.8) is 0 Å². The second-order valence-electron chi connectivity index (χ2n) is 6.26. The molecule has 0 aromatic carbocycles. The average Bonchev–Trinajstić information content (AvgIpc) is 2.96. The van der Waals surface area contributed by atoms with Crippen LogP contribution in [0.25, 0.3) is 10.2 Å². The first-order valence-electron chi connectivity index (χ1n) is 7.78. The van der Waals surface area contributed by atoms with Crippen LogP contribution in [0.1, 0.15) is 33.1 Å². The summed E-state index contributed by atoms with van der Waals surface area (Å²) in [6.45, 7) is 4.47. The van der Waals surface area contributed by atoms with Crippen molar-refractivity contribution < 1.29 is 4.79 Å². The molecule has 1 amide bonds. The number of thiophene rings is 1. The van der Waals surface area contributed by atoms with E-state index in [0.717, 1.165) is 17.7 Å². The number of carbonyl (C=O) groups is 1. The van der Waals surface area contributed by atoms with Crippen LogP contribution in [0.2, 0.25) is 0 Å². The highest BCUT2D eigenvalue weighted by molar-refractivity contribution is 7.16. The number of hydrogen-bond donors (Lipinski definition) is 1. The maximum absolute atomic E-state index is 12.3. The summed E-state index contributed by atoms with van der Waals surface area (Å²) in [6.07, 6.45) is 4.87. The molecule has 1 saturated carbocycles. The Bertz CT molecular complexity index is 736. The third-order valence-corrected chi connectivity index (χ3v) is 5.64. The molecule has 22 heavy (non-hydrogen) atoms. The van der Waals surface area contributed by atoms with Gasteiger partial charge in [0.25, 0.3) is 5.56 Å². The van der Waals surface area contributed by atoms with E-state index in [0.29, 0.717) is 17.2 Å². The predicted molar refractivity (Wildman–Crippen MR) is 88.0 cm³/mol. The van der Waals surface area contributed by atoms with E-state index >= 15 is 0 Å². The van der Waals surface area contributed by atoms with Crippen LogP contribution in [0, 0.1) is 11.8 Å². The molecular formula is C16H21N3O2S. The maximum Gasteiger partial charge on any atom is 0.262 e. The fourth-order valence-electron chi connectivity index (χ4n) is 3.20. The highest BCUT2D eigenvalue weighted by Gasteiger charge is 2.28. The molecule has 2 aromatic heterocycles. The maximum atomic E-state index is 12.3. The molecule has 0 saturated heterocycles. The van der Waals surface area contributed by atoms with Gasteiger partial charge in [0.15, 0.2) is 0 Å². The van der Waals surface area contributed by atoms with Gasteiger partial charge in [0.1, 0.15) is 11.4 Å². The number of hydrogen-bond acceptors (Lipinski definition) is 4. The zero-order chi connectivity index (χ0) is 15.7. The van der Waals surface area contributed by atoms with Gasteiger partial charge in [0.2, 0.25) is 5.91 Å². The van der Waals surface area contributed by atoms with Crippen molar-refractivity contribution in [2.45, 2.75) is 45.7 Å². The Morgan fingerprint density at radius 2 is 2.27 bits per heavy atom. The molecule has 3 atom stereocenters. The molecule has 1 N–H and O–H groups in total. The van der Waals surface area contributed by atoms with Crippen LogP contribution in [0.4, 0.5) is 0 Å². The third kappa shape index (κ3) is 2.92. The van der Waals surface area contributed by atoms with Crippen molar-refractivity contribution in [1.29, 1.82) is 0 Å². The molecular weight excluding hydrogens is 298 g/mol. The molecule has 2 aromatic rings. The van der Waals surface area contributed by atoms with E-state index in [1.165, 1.54) is 28.7 Å². The van der Waals surface area contributed by atoms with E-state index in [-0.39, 0.29) is 24.1 Å². The van der Waals surface area contributed by atoms with Crippen molar-refractivity contribution in [2.75, 3.05) is 0 Å². The molecule has 0 radical (unpaired) electrons. The van der Waals surface area contributed by atoms with E-state index in [2.05, 4.69) is 24.1 Å². The molecule has 118 valence electrons. The summed E-state index contributed by atoms with van der Waals surface area (Å²) < 4.78 is 1.39. The molecule has 1 fully saturated rings. The Labute approximate surface area is 133 Å². The van der Waals surface area contributed by atoms with Gasteiger partial charge < -0.3 is 5.32 Å². The lowest BCUT2D eigenvalue weighted by atomic mass is 9.78. The minimum Gasteiger partial charge on any atom is -0.352 e. The smallest absolute Gasteiger partial charge is 0.262 e. The van der Waals surface area contributed by atoms with Gasteiger partial charge in [0, 0.05) is 6.04 Å². The van der Waals surface area contributed by atoms with Gasteiger partial charge in [-0.1, -0.05) is 26.7 Å². The topological polar surface area (TPSA) is 64.0 Å². The summed E-state index contributed by atoms with van der Waals surface area (Å²) in [4.78, 5) is 29.5. The van der Waals surface area contributed by atoms with Crippen LogP contribution < -0.4 is 10.9 Å². The molecule has 0 spiro atoms. The first-order chi connectivity index (χ1) is 10.6. The van der Waals surface area contributed by atoms with Gasteiger partial charge in [0.05, 0.1) is 11.7 Å². The monoisotopic (exact) mass is 319 g/mol. The van der Waals surface area contributed by atoms with Crippen LogP contribution in [0.5, 0.6) is 0 Å². The standard InChI is InChI=1S/C16H21N3O2S/c1-10-4-3-5-13(11(10)2)18-14(20)8-19-9-17-15-12(16(19)21)6-7-22-15/h6-7,9-11,13H,3-5,8H2,1-2H3,(H,18,20)/t10-,11+,13-/m1/s1. The number of rotatable bonds is 3. The minimum atomic E-state index is -0.147. The fraction of sp³-hybridized carbons (Fsp3) is 0.562. The van der Waals surface area contributed by atoms with Crippen LogP contribution in [0.3, 0.4) is 0 Å². The highest BCUT2D eigenvalue weighted by Crippen LogP contribution is 2.29. The number of nitrogens with one attached hydrogen (secondary N) is 1. The Kier molecular flexibility index (Phi) is 4.29.